The second-order valence-electron chi connectivity index (χ2n) is 11.1. The summed E-state index contributed by atoms with van der Waals surface area (Å²) in [5.74, 6) is 2.14. The summed E-state index contributed by atoms with van der Waals surface area (Å²) in [5.41, 5.74) is 8.24. The van der Waals surface area contributed by atoms with E-state index in [1.165, 1.54) is 23.1 Å². The Morgan fingerprint density at radius 1 is 1.15 bits per heavy atom. The number of rotatable bonds is 18. The lowest BCUT2D eigenvalue weighted by Crippen LogP contribution is -2.41. The number of hydrogen-bond donors (Lipinski definition) is 3. The lowest BCUT2D eigenvalue weighted by molar-refractivity contribution is 0.198. The third-order valence-corrected chi connectivity index (χ3v) is 7.80. The molecule has 3 rings (SSSR count). The van der Waals surface area contributed by atoms with Crippen molar-refractivity contribution in [1.29, 1.82) is 0 Å². The summed E-state index contributed by atoms with van der Waals surface area (Å²) in [6.07, 6.45) is 13.3. The first-order valence-corrected chi connectivity index (χ1v) is 15.6. The van der Waals surface area contributed by atoms with E-state index in [-0.39, 0.29) is 0 Å². The molecule has 0 spiro atoms. The predicted octanol–water partition coefficient (Wildman–Crippen LogP) is 8.08. The molecule has 41 heavy (non-hydrogen) atoms. The minimum absolute atomic E-state index is 0.311. The Morgan fingerprint density at radius 2 is 1.90 bits per heavy atom. The maximum atomic E-state index is 5.25. The zero-order valence-electron chi connectivity index (χ0n) is 26.4. The van der Waals surface area contributed by atoms with Gasteiger partial charge < -0.3 is 20.7 Å². The average Bonchev–Trinajstić information content (AvgIpc) is 3.27. The number of nitrogens with zero attached hydrogens (tertiary/aromatic N) is 2. The normalized spacial score (nSPS) is 14.5. The standard InChI is InChI=1S/C35H53N5O/c1-8-11-17-30(24-27(5)26(4)16-9-2)33-28(6)35(40(39-33)32-20-13-12-14-21-32)38-34(29-18-15-19-29)37-31(10-3)25-36-22-23-41-7/h12-14,17,20-21,24,31,36-38H,4,8-11,15-16,18-19,22-23,25H2,1-3,5-7H3/b27-24-,30-17+/t31-/m0/s1. The predicted molar refractivity (Wildman–Crippen MR) is 175 cm³/mol. The molecule has 224 valence electrons. The Bertz CT molecular complexity index is 1200. The van der Waals surface area contributed by atoms with E-state index in [0.717, 1.165) is 92.2 Å². The molecule has 0 amide bonds. The van der Waals surface area contributed by atoms with Crippen LogP contribution in [-0.2, 0) is 4.74 Å². The number of ether oxygens (including phenoxy) is 1. The number of unbranched alkanes of at least 4 members (excludes halogenated alkanes) is 1. The molecule has 0 unspecified atom stereocenters. The third-order valence-electron chi connectivity index (χ3n) is 7.80. The van der Waals surface area contributed by atoms with Crippen LogP contribution in [0.1, 0.15) is 90.3 Å². The molecule has 1 aliphatic carbocycles. The highest BCUT2D eigenvalue weighted by atomic mass is 16.5. The summed E-state index contributed by atoms with van der Waals surface area (Å²) in [7, 11) is 1.74. The number of benzene rings is 1. The molecule has 1 aliphatic rings. The number of hydrogen-bond acceptors (Lipinski definition) is 5. The van der Waals surface area contributed by atoms with Gasteiger partial charge in [0.1, 0.15) is 11.6 Å². The smallest absolute Gasteiger partial charge is 0.138 e. The summed E-state index contributed by atoms with van der Waals surface area (Å²) >= 11 is 0. The topological polar surface area (TPSA) is 63.1 Å². The van der Waals surface area contributed by atoms with Crippen molar-refractivity contribution in [3.63, 3.8) is 0 Å². The van der Waals surface area contributed by atoms with Gasteiger partial charge in [-0.3, -0.25) is 0 Å². The molecule has 1 aromatic heterocycles. The van der Waals surface area contributed by atoms with E-state index in [1.54, 1.807) is 7.11 Å². The summed E-state index contributed by atoms with van der Waals surface area (Å²) in [6, 6.07) is 10.8. The van der Waals surface area contributed by atoms with E-state index in [9.17, 15) is 0 Å². The second-order valence-corrected chi connectivity index (χ2v) is 11.1. The Hall–Kier alpha value is -3.09. The van der Waals surface area contributed by atoms with Crippen LogP contribution in [0.5, 0.6) is 0 Å². The number of allylic oxidation sites excluding steroid dienone is 6. The number of anilines is 1. The molecule has 0 radical (unpaired) electrons. The number of nitrogens with one attached hydrogen (secondary N) is 3. The van der Waals surface area contributed by atoms with E-state index < -0.39 is 0 Å². The molecule has 1 aromatic carbocycles. The molecule has 0 saturated heterocycles. The zero-order valence-corrected chi connectivity index (χ0v) is 26.4. The molecule has 0 bridgehead atoms. The van der Waals surface area contributed by atoms with Crippen LogP contribution in [0, 0.1) is 6.92 Å². The Kier molecular flexibility index (Phi) is 13.4. The van der Waals surface area contributed by atoms with E-state index in [4.69, 9.17) is 9.84 Å². The van der Waals surface area contributed by atoms with E-state index in [0.29, 0.717) is 12.6 Å². The number of methoxy groups -OCH3 is 1. The molecular formula is C35H53N5O. The molecule has 1 saturated carbocycles. The van der Waals surface area contributed by atoms with Gasteiger partial charge in [0.05, 0.1) is 18.0 Å². The van der Waals surface area contributed by atoms with Gasteiger partial charge in [0.15, 0.2) is 0 Å². The van der Waals surface area contributed by atoms with Crippen LogP contribution in [0.25, 0.3) is 11.3 Å². The summed E-state index contributed by atoms with van der Waals surface area (Å²) < 4.78 is 7.29. The second kappa shape index (κ2) is 17.0. The lowest BCUT2D eigenvalue weighted by Gasteiger charge is -2.28. The van der Waals surface area contributed by atoms with Crippen molar-refractivity contribution in [2.45, 2.75) is 92.0 Å². The molecule has 6 heteroatoms. The van der Waals surface area contributed by atoms with Gasteiger partial charge in [-0.1, -0.05) is 70.0 Å². The van der Waals surface area contributed by atoms with Gasteiger partial charge in [0.25, 0.3) is 0 Å². The maximum absolute atomic E-state index is 5.25. The first-order valence-electron chi connectivity index (χ1n) is 15.6. The first kappa shape index (κ1) is 32.4. The van der Waals surface area contributed by atoms with Crippen molar-refractivity contribution in [1.82, 2.24) is 20.4 Å². The van der Waals surface area contributed by atoms with Crippen LogP contribution in [0.3, 0.4) is 0 Å². The molecule has 3 N–H and O–H groups in total. The number of aromatic nitrogens is 2. The van der Waals surface area contributed by atoms with Gasteiger partial charge in [0, 0.05) is 31.8 Å². The zero-order chi connectivity index (χ0) is 29.6. The Labute approximate surface area is 249 Å². The SMILES string of the molecule is C=C(CCC)/C(C)=C\C(=C/CCC)c1nn(-c2ccccc2)c(NC(N[C@@H](CC)CNCCOC)=C2CCC2)c1C. The fourth-order valence-corrected chi connectivity index (χ4v) is 4.93. The molecular weight excluding hydrogens is 506 g/mol. The third kappa shape index (κ3) is 9.20. The molecule has 0 aliphatic heterocycles. The molecule has 2 aromatic rings. The van der Waals surface area contributed by atoms with Crippen molar-refractivity contribution in [3.8, 4) is 5.69 Å². The van der Waals surface area contributed by atoms with Crippen molar-refractivity contribution < 1.29 is 4.74 Å². The highest BCUT2D eigenvalue weighted by Gasteiger charge is 2.23. The van der Waals surface area contributed by atoms with Crippen molar-refractivity contribution in [2.24, 2.45) is 0 Å². The van der Waals surface area contributed by atoms with Crippen LogP contribution in [0.2, 0.25) is 0 Å². The quantitative estimate of drug-likeness (QED) is 0.127. The van der Waals surface area contributed by atoms with Crippen LogP contribution < -0.4 is 16.0 Å². The van der Waals surface area contributed by atoms with Gasteiger partial charge in [-0.2, -0.15) is 5.10 Å². The van der Waals surface area contributed by atoms with Gasteiger partial charge in [-0.25, -0.2) is 4.68 Å². The fourth-order valence-electron chi connectivity index (χ4n) is 4.93. The highest BCUT2D eigenvalue weighted by molar-refractivity contribution is 5.78. The van der Waals surface area contributed by atoms with Crippen LogP contribution >= 0.6 is 0 Å². The van der Waals surface area contributed by atoms with Crippen molar-refractivity contribution in [3.05, 3.63) is 82.9 Å². The van der Waals surface area contributed by atoms with Crippen LogP contribution in [0.4, 0.5) is 5.82 Å². The summed E-state index contributed by atoms with van der Waals surface area (Å²) in [5, 5.41) is 16.5. The van der Waals surface area contributed by atoms with Crippen molar-refractivity contribution >= 4 is 11.4 Å². The minimum Gasteiger partial charge on any atom is -0.383 e. The lowest BCUT2D eigenvalue weighted by atomic mass is 9.92. The van der Waals surface area contributed by atoms with Crippen LogP contribution in [0.15, 0.2) is 71.6 Å². The minimum atomic E-state index is 0.311. The largest absolute Gasteiger partial charge is 0.383 e. The molecule has 1 atom stereocenters. The molecule has 6 nitrogen and oxygen atoms in total. The van der Waals surface area contributed by atoms with Gasteiger partial charge in [-0.15, -0.1) is 0 Å². The number of para-hydroxylation sites is 1. The van der Waals surface area contributed by atoms with E-state index in [1.807, 2.05) is 0 Å². The molecule has 1 fully saturated rings. The van der Waals surface area contributed by atoms with Gasteiger partial charge in [0.2, 0.25) is 0 Å². The van der Waals surface area contributed by atoms with Crippen molar-refractivity contribution in [2.75, 3.05) is 32.1 Å². The van der Waals surface area contributed by atoms with Gasteiger partial charge in [-0.05, 0) is 87.3 Å². The highest BCUT2D eigenvalue weighted by Crippen LogP contribution is 2.34. The first-order chi connectivity index (χ1) is 19.9. The Morgan fingerprint density at radius 3 is 2.51 bits per heavy atom. The average molecular weight is 560 g/mol. The Balaban J connectivity index is 2.04. The summed E-state index contributed by atoms with van der Waals surface area (Å²) in [4.78, 5) is 0. The maximum Gasteiger partial charge on any atom is 0.138 e. The molecule has 1 heterocycles. The van der Waals surface area contributed by atoms with E-state index >= 15 is 0 Å². The summed E-state index contributed by atoms with van der Waals surface area (Å²) in [6.45, 7) is 17.8. The fraction of sp³-hybridized carbons (Fsp3) is 0.514. The monoisotopic (exact) mass is 559 g/mol. The van der Waals surface area contributed by atoms with Crippen LogP contribution in [-0.4, -0.2) is 42.6 Å². The van der Waals surface area contributed by atoms with E-state index in [2.05, 4.69) is 104 Å². The van der Waals surface area contributed by atoms with Gasteiger partial charge >= 0.3 is 0 Å².